The van der Waals surface area contributed by atoms with Crippen molar-refractivity contribution in [3.63, 3.8) is 0 Å². The van der Waals surface area contributed by atoms with Crippen LogP contribution >= 0.6 is 0 Å². The van der Waals surface area contributed by atoms with Gasteiger partial charge in [-0.3, -0.25) is 4.99 Å². The summed E-state index contributed by atoms with van der Waals surface area (Å²) in [5, 5.41) is 0. The fraction of sp³-hybridized carbons (Fsp3) is 0.611. The summed E-state index contributed by atoms with van der Waals surface area (Å²) < 4.78 is 5.43. The summed E-state index contributed by atoms with van der Waals surface area (Å²) >= 11 is 0. The normalized spacial score (nSPS) is 18.5. The van der Waals surface area contributed by atoms with E-state index in [1.165, 1.54) is 5.71 Å². The first kappa shape index (κ1) is 16.7. The van der Waals surface area contributed by atoms with Gasteiger partial charge in [0.05, 0.1) is 0 Å². The molecule has 0 N–H and O–H groups in total. The van der Waals surface area contributed by atoms with Crippen molar-refractivity contribution < 1.29 is 9.53 Å². The summed E-state index contributed by atoms with van der Waals surface area (Å²) in [5.41, 5.74) is 1.85. The highest BCUT2D eigenvalue weighted by Gasteiger charge is 2.26. The van der Waals surface area contributed by atoms with Crippen LogP contribution in [-0.2, 0) is 4.74 Å². The molecular weight excluding hydrogens is 304 g/mol. The Morgan fingerprint density at radius 2 is 1.92 bits per heavy atom. The fourth-order valence-electron chi connectivity index (χ4n) is 2.96. The molecule has 0 bridgehead atoms. The number of amides is 1. The third kappa shape index (κ3) is 4.04. The highest BCUT2D eigenvalue weighted by molar-refractivity contribution is 6.01. The maximum atomic E-state index is 12.1. The van der Waals surface area contributed by atoms with Gasteiger partial charge in [0.15, 0.2) is 0 Å². The van der Waals surface area contributed by atoms with E-state index in [4.69, 9.17) is 4.74 Å². The Hall–Kier alpha value is -2.11. The number of nitrogens with zero attached hydrogens (tertiary/aromatic N) is 4. The zero-order valence-corrected chi connectivity index (χ0v) is 14.8. The summed E-state index contributed by atoms with van der Waals surface area (Å²) in [6.45, 7) is 9.46. The lowest BCUT2D eigenvalue weighted by Gasteiger charge is -2.36. The van der Waals surface area contributed by atoms with Gasteiger partial charge in [-0.05, 0) is 45.7 Å². The van der Waals surface area contributed by atoms with Gasteiger partial charge in [0.2, 0.25) is 0 Å². The predicted molar refractivity (Wildman–Crippen MR) is 94.9 cm³/mol. The molecule has 0 aromatic carbocycles. The summed E-state index contributed by atoms with van der Waals surface area (Å²) in [4.78, 5) is 25.2. The van der Waals surface area contributed by atoms with Crippen molar-refractivity contribution in [2.75, 3.05) is 37.6 Å². The van der Waals surface area contributed by atoms with Gasteiger partial charge in [-0.25, -0.2) is 9.78 Å². The third-order valence-corrected chi connectivity index (χ3v) is 4.21. The average molecular weight is 330 g/mol. The molecule has 0 saturated carbocycles. The molecule has 1 fully saturated rings. The highest BCUT2D eigenvalue weighted by atomic mass is 16.6. The van der Waals surface area contributed by atoms with Crippen LogP contribution in [0.1, 0.15) is 39.2 Å². The van der Waals surface area contributed by atoms with Crippen molar-refractivity contribution in [1.29, 1.82) is 0 Å². The number of carbonyl (C=O) groups excluding carboxylic acids is 1. The average Bonchev–Trinajstić information content (AvgIpc) is 3.08. The number of hydrogen-bond acceptors (Lipinski definition) is 5. The standard InChI is InChI=1S/C18H26N4O2/c1-18(2,3)24-17(23)22-11-9-21(10-12-22)16-7-6-14(13-20-16)15-5-4-8-19-15/h6-7,13H,4-5,8-12H2,1-3H3. The second-order valence-corrected chi connectivity index (χ2v) is 7.29. The largest absolute Gasteiger partial charge is 0.444 e. The minimum atomic E-state index is -0.450. The van der Waals surface area contributed by atoms with Crippen LogP contribution in [0.2, 0.25) is 0 Å². The monoisotopic (exact) mass is 330 g/mol. The van der Waals surface area contributed by atoms with Gasteiger partial charge >= 0.3 is 6.09 Å². The van der Waals surface area contributed by atoms with Gasteiger partial charge in [-0.15, -0.1) is 0 Å². The molecule has 130 valence electrons. The van der Waals surface area contributed by atoms with Crippen molar-refractivity contribution in [3.8, 4) is 0 Å². The Bertz CT molecular complexity index is 611. The number of anilines is 1. The van der Waals surface area contributed by atoms with E-state index in [-0.39, 0.29) is 6.09 Å². The van der Waals surface area contributed by atoms with Crippen LogP contribution in [0.25, 0.3) is 0 Å². The number of aromatic nitrogens is 1. The van der Waals surface area contributed by atoms with E-state index in [9.17, 15) is 4.79 Å². The maximum Gasteiger partial charge on any atom is 0.410 e. The molecule has 2 aliphatic heterocycles. The van der Waals surface area contributed by atoms with Crippen LogP contribution < -0.4 is 4.90 Å². The van der Waals surface area contributed by atoms with Crippen molar-refractivity contribution in [3.05, 3.63) is 23.9 Å². The zero-order chi connectivity index (χ0) is 17.2. The molecule has 0 spiro atoms. The minimum absolute atomic E-state index is 0.232. The first-order chi connectivity index (χ1) is 11.4. The second-order valence-electron chi connectivity index (χ2n) is 7.29. The molecule has 3 rings (SSSR count). The number of aliphatic imine (C=N–C) groups is 1. The first-order valence-electron chi connectivity index (χ1n) is 8.65. The van der Waals surface area contributed by atoms with Crippen LogP contribution in [0.5, 0.6) is 0 Å². The minimum Gasteiger partial charge on any atom is -0.444 e. The van der Waals surface area contributed by atoms with E-state index >= 15 is 0 Å². The molecule has 1 aromatic heterocycles. The van der Waals surface area contributed by atoms with E-state index in [1.54, 1.807) is 4.90 Å². The van der Waals surface area contributed by atoms with Gasteiger partial charge in [-0.2, -0.15) is 0 Å². The molecule has 2 aliphatic rings. The van der Waals surface area contributed by atoms with Gasteiger partial charge < -0.3 is 14.5 Å². The highest BCUT2D eigenvalue weighted by Crippen LogP contribution is 2.18. The van der Waals surface area contributed by atoms with E-state index in [1.807, 2.05) is 27.0 Å². The predicted octanol–water partition coefficient (Wildman–Crippen LogP) is 2.72. The molecule has 3 heterocycles. The van der Waals surface area contributed by atoms with E-state index in [0.29, 0.717) is 13.1 Å². The lowest BCUT2D eigenvalue weighted by Crippen LogP contribution is -2.50. The Kier molecular flexibility index (Phi) is 4.73. The number of piperazine rings is 1. The van der Waals surface area contributed by atoms with Crippen molar-refractivity contribution in [2.24, 2.45) is 4.99 Å². The fourth-order valence-corrected chi connectivity index (χ4v) is 2.96. The second kappa shape index (κ2) is 6.79. The van der Waals surface area contributed by atoms with Gasteiger partial charge in [-0.1, -0.05) is 0 Å². The smallest absolute Gasteiger partial charge is 0.410 e. The molecule has 24 heavy (non-hydrogen) atoms. The molecule has 0 atom stereocenters. The van der Waals surface area contributed by atoms with E-state index in [2.05, 4.69) is 27.0 Å². The zero-order valence-electron chi connectivity index (χ0n) is 14.8. The van der Waals surface area contributed by atoms with Crippen LogP contribution in [0.3, 0.4) is 0 Å². The van der Waals surface area contributed by atoms with Crippen LogP contribution in [0.15, 0.2) is 23.3 Å². The first-order valence-corrected chi connectivity index (χ1v) is 8.65. The number of rotatable bonds is 2. The molecule has 6 heteroatoms. The Balaban J connectivity index is 1.55. The van der Waals surface area contributed by atoms with Gasteiger partial charge in [0, 0.05) is 50.2 Å². The van der Waals surface area contributed by atoms with Crippen molar-refractivity contribution in [2.45, 2.75) is 39.2 Å². The lowest BCUT2D eigenvalue weighted by atomic mass is 10.1. The van der Waals surface area contributed by atoms with Crippen LogP contribution in [0.4, 0.5) is 10.6 Å². The number of hydrogen-bond donors (Lipinski definition) is 0. The molecule has 1 aromatic rings. The summed E-state index contributed by atoms with van der Waals surface area (Å²) in [6.07, 6.45) is 3.88. The number of ether oxygens (including phenoxy) is 1. The Labute approximate surface area is 143 Å². The summed E-state index contributed by atoms with van der Waals surface area (Å²) in [5.74, 6) is 0.959. The molecular formula is C18H26N4O2. The lowest BCUT2D eigenvalue weighted by molar-refractivity contribution is 0.0240. The summed E-state index contributed by atoms with van der Waals surface area (Å²) in [7, 11) is 0. The Morgan fingerprint density at radius 1 is 1.17 bits per heavy atom. The SMILES string of the molecule is CC(C)(C)OC(=O)N1CCN(c2ccc(C3=NCCC3)cn2)CC1. The maximum absolute atomic E-state index is 12.1. The summed E-state index contributed by atoms with van der Waals surface area (Å²) in [6, 6.07) is 4.16. The Morgan fingerprint density at radius 3 is 2.46 bits per heavy atom. The third-order valence-electron chi connectivity index (χ3n) is 4.21. The van der Waals surface area contributed by atoms with Crippen molar-refractivity contribution >= 4 is 17.6 Å². The van der Waals surface area contributed by atoms with Crippen LogP contribution in [0, 0.1) is 0 Å². The quantitative estimate of drug-likeness (QED) is 0.836. The van der Waals surface area contributed by atoms with Gasteiger partial charge in [0.25, 0.3) is 0 Å². The molecule has 0 radical (unpaired) electrons. The molecule has 0 aliphatic carbocycles. The van der Waals surface area contributed by atoms with E-state index in [0.717, 1.165) is 43.9 Å². The topological polar surface area (TPSA) is 58.0 Å². The molecule has 0 unspecified atom stereocenters. The molecule has 1 amide bonds. The number of carbonyl (C=O) groups is 1. The van der Waals surface area contributed by atoms with E-state index < -0.39 is 5.60 Å². The van der Waals surface area contributed by atoms with Gasteiger partial charge in [0.1, 0.15) is 11.4 Å². The molecule has 6 nitrogen and oxygen atoms in total. The van der Waals surface area contributed by atoms with Crippen LogP contribution in [-0.4, -0.2) is 60.0 Å². The van der Waals surface area contributed by atoms with Crippen molar-refractivity contribution in [1.82, 2.24) is 9.88 Å². The number of pyridine rings is 1. The molecule has 1 saturated heterocycles.